The van der Waals surface area contributed by atoms with Crippen LogP contribution in [0.25, 0.3) is 16.5 Å². The van der Waals surface area contributed by atoms with E-state index in [1.54, 1.807) is 0 Å². The van der Waals surface area contributed by atoms with Gasteiger partial charge in [0.05, 0.1) is 17.8 Å². The Morgan fingerprint density at radius 2 is 1.74 bits per heavy atom. The molecule has 5 aromatic rings. The summed E-state index contributed by atoms with van der Waals surface area (Å²) in [6, 6.07) is 30.8. The second kappa shape index (κ2) is 11.8. The highest BCUT2D eigenvalue weighted by Gasteiger charge is 2.41. The fourth-order valence-corrected chi connectivity index (χ4v) is 6.45. The lowest BCUT2D eigenvalue weighted by Crippen LogP contribution is -2.33. The van der Waals surface area contributed by atoms with Crippen molar-refractivity contribution in [2.45, 2.75) is 45.7 Å². The summed E-state index contributed by atoms with van der Waals surface area (Å²) in [4.78, 5) is 20.1. The van der Waals surface area contributed by atoms with Crippen LogP contribution in [0.4, 0.5) is 5.69 Å². The van der Waals surface area contributed by atoms with Crippen molar-refractivity contribution >= 4 is 39.7 Å². The van der Waals surface area contributed by atoms with Crippen molar-refractivity contribution in [1.82, 2.24) is 19.8 Å². The first-order chi connectivity index (χ1) is 20.4. The highest BCUT2D eigenvalue weighted by molar-refractivity contribution is 7.80. The fourth-order valence-electron chi connectivity index (χ4n) is 6.12. The van der Waals surface area contributed by atoms with E-state index in [2.05, 4.69) is 88.3 Å². The first-order valence-corrected chi connectivity index (χ1v) is 14.9. The molecule has 1 amide bonds. The SMILES string of the molecule is CCc1ccc(-n2c(C)cc([C@@H]3[C@H](c4ccccn4)NC(=S)N3CCC(=O)Nc3cccc4ccccc34)c2C)cc1. The van der Waals surface area contributed by atoms with Crippen LogP contribution in [0.15, 0.2) is 97.2 Å². The van der Waals surface area contributed by atoms with Gasteiger partial charge in [-0.25, -0.2) is 0 Å². The van der Waals surface area contributed by atoms with Crippen LogP contribution in [-0.2, 0) is 11.2 Å². The van der Waals surface area contributed by atoms with Crippen LogP contribution < -0.4 is 10.6 Å². The predicted octanol–water partition coefficient (Wildman–Crippen LogP) is 7.21. The number of aromatic nitrogens is 2. The Bertz CT molecular complexity index is 1740. The van der Waals surface area contributed by atoms with Gasteiger partial charge < -0.3 is 20.1 Å². The minimum absolute atomic E-state index is 0.0457. The summed E-state index contributed by atoms with van der Waals surface area (Å²) < 4.78 is 2.30. The number of fused-ring (bicyclic) bond motifs is 1. The summed E-state index contributed by atoms with van der Waals surface area (Å²) in [6.45, 7) is 6.95. The van der Waals surface area contributed by atoms with E-state index in [0.29, 0.717) is 18.1 Å². The molecule has 0 aliphatic carbocycles. The smallest absolute Gasteiger partial charge is 0.226 e. The number of anilines is 1. The van der Waals surface area contributed by atoms with Gasteiger partial charge in [-0.3, -0.25) is 9.78 Å². The molecule has 0 unspecified atom stereocenters. The highest BCUT2D eigenvalue weighted by Crippen LogP contribution is 2.41. The Labute approximate surface area is 252 Å². The van der Waals surface area contributed by atoms with Gasteiger partial charge in [-0.1, -0.05) is 61.5 Å². The van der Waals surface area contributed by atoms with Crippen molar-refractivity contribution in [3.8, 4) is 5.69 Å². The molecule has 6 nitrogen and oxygen atoms in total. The van der Waals surface area contributed by atoms with Crippen LogP contribution in [0.1, 0.15) is 53.6 Å². The number of rotatable bonds is 8. The zero-order chi connectivity index (χ0) is 29.2. The number of benzene rings is 3. The van der Waals surface area contributed by atoms with Crippen molar-refractivity contribution in [3.63, 3.8) is 0 Å². The van der Waals surface area contributed by atoms with E-state index in [1.165, 1.54) is 11.1 Å². The van der Waals surface area contributed by atoms with E-state index < -0.39 is 0 Å². The third kappa shape index (κ3) is 5.28. The predicted molar refractivity (Wildman–Crippen MR) is 174 cm³/mol. The summed E-state index contributed by atoms with van der Waals surface area (Å²) in [7, 11) is 0. The van der Waals surface area contributed by atoms with Crippen LogP contribution in [0.3, 0.4) is 0 Å². The molecule has 2 atom stereocenters. The summed E-state index contributed by atoms with van der Waals surface area (Å²) in [6.07, 6.45) is 3.12. The number of aryl methyl sites for hydroxylation is 2. The Hall–Kier alpha value is -4.49. The molecule has 7 heteroatoms. The standard InChI is InChI=1S/C35H35N5OS/c1-4-25-15-17-27(18-16-25)40-23(2)22-29(24(40)3)34-33(31-13-7-8-20-36-31)38-35(42)39(34)21-19-32(41)37-30-14-9-11-26-10-5-6-12-28(26)30/h5-18,20,22,33-34H,4,19,21H2,1-3H3,(H,37,41)(H,38,42)/t33-,34+/m0/s1. The number of nitrogens with zero attached hydrogens (tertiary/aromatic N) is 3. The molecule has 0 saturated carbocycles. The van der Waals surface area contributed by atoms with Gasteiger partial charge in [-0.05, 0) is 85.4 Å². The average molecular weight is 574 g/mol. The van der Waals surface area contributed by atoms with E-state index in [9.17, 15) is 4.79 Å². The Kier molecular flexibility index (Phi) is 7.76. The van der Waals surface area contributed by atoms with Crippen molar-refractivity contribution < 1.29 is 4.79 Å². The quantitative estimate of drug-likeness (QED) is 0.192. The number of hydrogen-bond donors (Lipinski definition) is 2. The first kappa shape index (κ1) is 27.7. The molecule has 6 rings (SSSR count). The molecule has 212 valence electrons. The summed E-state index contributed by atoms with van der Waals surface area (Å²) >= 11 is 5.89. The average Bonchev–Trinajstić information content (AvgIpc) is 3.50. The summed E-state index contributed by atoms with van der Waals surface area (Å²) in [5.74, 6) is -0.0457. The van der Waals surface area contributed by atoms with Gasteiger partial charge in [0.15, 0.2) is 5.11 Å². The van der Waals surface area contributed by atoms with Crippen LogP contribution >= 0.6 is 12.2 Å². The molecule has 2 N–H and O–H groups in total. The van der Waals surface area contributed by atoms with Crippen molar-refractivity contribution in [1.29, 1.82) is 0 Å². The number of carbonyl (C=O) groups is 1. The van der Waals surface area contributed by atoms with E-state index in [1.807, 2.05) is 54.7 Å². The van der Waals surface area contributed by atoms with E-state index >= 15 is 0 Å². The fraction of sp³-hybridized carbons (Fsp3) is 0.229. The molecule has 3 aromatic carbocycles. The van der Waals surface area contributed by atoms with Gasteiger partial charge in [0, 0.05) is 47.3 Å². The first-order valence-electron chi connectivity index (χ1n) is 14.5. The molecule has 0 spiro atoms. The molecule has 1 fully saturated rings. The zero-order valence-corrected chi connectivity index (χ0v) is 25.0. The molecule has 2 aromatic heterocycles. The van der Waals surface area contributed by atoms with E-state index in [-0.39, 0.29) is 18.0 Å². The zero-order valence-electron chi connectivity index (χ0n) is 24.2. The largest absolute Gasteiger partial charge is 0.352 e. The van der Waals surface area contributed by atoms with Gasteiger partial charge in [0.25, 0.3) is 0 Å². The maximum Gasteiger partial charge on any atom is 0.226 e. The van der Waals surface area contributed by atoms with E-state index in [4.69, 9.17) is 12.2 Å². The maximum atomic E-state index is 13.3. The van der Waals surface area contributed by atoms with Gasteiger partial charge in [0.1, 0.15) is 0 Å². The topological polar surface area (TPSA) is 62.2 Å². The molecule has 3 heterocycles. The molecule has 0 radical (unpaired) electrons. The van der Waals surface area contributed by atoms with Crippen LogP contribution in [0, 0.1) is 13.8 Å². The third-order valence-electron chi connectivity index (χ3n) is 8.23. The second-order valence-electron chi connectivity index (χ2n) is 10.8. The summed E-state index contributed by atoms with van der Waals surface area (Å²) in [5, 5.41) is 9.41. The number of hydrogen-bond acceptors (Lipinski definition) is 3. The minimum atomic E-state index is -0.142. The number of pyridine rings is 1. The third-order valence-corrected chi connectivity index (χ3v) is 8.59. The van der Waals surface area contributed by atoms with Crippen LogP contribution in [0.2, 0.25) is 0 Å². The number of carbonyl (C=O) groups excluding carboxylic acids is 1. The van der Waals surface area contributed by atoms with Gasteiger partial charge in [-0.2, -0.15) is 0 Å². The summed E-state index contributed by atoms with van der Waals surface area (Å²) in [5.41, 5.74) is 7.67. The van der Waals surface area contributed by atoms with Crippen molar-refractivity contribution in [2.75, 3.05) is 11.9 Å². The van der Waals surface area contributed by atoms with Crippen LogP contribution in [0.5, 0.6) is 0 Å². The molecule has 1 saturated heterocycles. The Balaban J connectivity index is 1.30. The monoisotopic (exact) mass is 573 g/mol. The van der Waals surface area contributed by atoms with Crippen molar-refractivity contribution in [3.05, 3.63) is 125 Å². The Morgan fingerprint density at radius 3 is 2.50 bits per heavy atom. The van der Waals surface area contributed by atoms with Crippen LogP contribution in [-0.4, -0.2) is 32.0 Å². The van der Waals surface area contributed by atoms with Crippen molar-refractivity contribution in [2.24, 2.45) is 0 Å². The molecule has 1 aliphatic rings. The van der Waals surface area contributed by atoms with Gasteiger partial charge in [0.2, 0.25) is 5.91 Å². The van der Waals surface area contributed by atoms with Gasteiger partial charge >= 0.3 is 0 Å². The highest BCUT2D eigenvalue weighted by atomic mass is 32.1. The minimum Gasteiger partial charge on any atom is -0.352 e. The maximum absolute atomic E-state index is 13.3. The van der Waals surface area contributed by atoms with Gasteiger partial charge in [-0.15, -0.1) is 0 Å². The normalized spacial score (nSPS) is 16.5. The lowest BCUT2D eigenvalue weighted by molar-refractivity contribution is -0.116. The number of amides is 1. The lowest BCUT2D eigenvalue weighted by atomic mass is 9.96. The number of thiocarbonyl (C=S) groups is 1. The number of nitrogens with one attached hydrogen (secondary N) is 2. The second-order valence-corrected chi connectivity index (χ2v) is 11.2. The lowest BCUT2D eigenvalue weighted by Gasteiger charge is -2.28. The molecular formula is C35H35N5OS. The molecule has 0 bridgehead atoms. The molecule has 1 aliphatic heterocycles. The molecule has 42 heavy (non-hydrogen) atoms. The molecular weight excluding hydrogens is 538 g/mol. The Morgan fingerprint density at radius 1 is 0.976 bits per heavy atom. The van der Waals surface area contributed by atoms with E-state index in [0.717, 1.165) is 45.6 Å².